The van der Waals surface area contributed by atoms with Gasteiger partial charge in [-0.15, -0.1) is 0 Å². The molecule has 0 radical (unpaired) electrons. The van der Waals surface area contributed by atoms with Crippen LogP contribution in [0.4, 0.5) is 0 Å². The Labute approximate surface area is 195 Å². The maximum absolute atomic E-state index is 13.6. The fourth-order valence-corrected chi connectivity index (χ4v) is 10.3. The molecular weight excluding hydrogens is 474 g/mol. The topological polar surface area (TPSA) is 135 Å². The molecule has 186 valence electrons. The van der Waals surface area contributed by atoms with Crippen molar-refractivity contribution in [1.29, 1.82) is 0 Å². The minimum absolute atomic E-state index is 0.168. The van der Waals surface area contributed by atoms with Gasteiger partial charge in [-0.25, -0.2) is 16.8 Å². The third-order valence-electron chi connectivity index (χ3n) is 6.19. The van der Waals surface area contributed by atoms with Gasteiger partial charge in [-0.2, -0.15) is 0 Å². The van der Waals surface area contributed by atoms with Gasteiger partial charge in [0.2, 0.25) is 0 Å². The van der Waals surface area contributed by atoms with Crippen LogP contribution < -0.4 is 9.64 Å². The van der Waals surface area contributed by atoms with Crippen molar-refractivity contribution in [2.45, 2.75) is 41.3 Å². The lowest BCUT2D eigenvalue weighted by Gasteiger charge is -2.39. The van der Waals surface area contributed by atoms with Crippen molar-refractivity contribution < 1.29 is 45.5 Å². The van der Waals surface area contributed by atoms with Gasteiger partial charge >= 0.3 is 11.9 Å². The van der Waals surface area contributed by atoms with Gasteiger partial charge in [-0.3, -0.25) is 9.59 Å². The first-order chi connectivity index (χ1) is 15.5. The van der Waals surface area contributed by atoms with Crippen molar-refractivity contribution in [3.05, 3.63) is 29.8 Å². The summed E-state index contributed by atoms with van der Waals surface area (Å²) in [6, 6.07) is 5.85. The number of hydrogen-bond donors (Lipinski definition) is 1. The maximum Gasteiger partial charge on any atom is 0.324 e. The molecule has 4 atom stereocenters. The molecule has 1 aromatic carbocycles. The molecule has 0 spiro atoms. The zero-order chi connectivity index (χ0) is 25.0. The highest BCUT2D eigenvalue weighted by atomic mass is 32.3. The van der Waals surface area contributed by atoms with Crippen LogP contribution in [0.25, 0.3) is 0 Å². The Morgan fingerprint density at radius 3 is 1.67 bits per heavy atom. The standard InChI is InChI=1S/C21H31NO9S2/c1-6-22(7-2)13-12-16-32(25,26)18(20(23)30-4)17(14-8-10-15(29-3)11-9-14)19(21(24)31-5)33(16,27)28/h8-11,16-19H,6-7,12-13H2,1-5H3/p+1/t16?,17?,18-,19+. The van der Waals surface area contributed by atoms with E-state index in [1.807, 2.05) is 13.8 Å². The molecule has 0 aliphatic carbocycles. The van der Waals surface area contributed by atoms with E-state index in [2.05, 4.69) is 0 Å². The Kier molecular flexibility index (Phi) is 8.88. The number of esters is 2. The molecule has 1 saturated heterocycles. The Morgan fingerprint density at radius 1 is 0.848 bits per heavy atom. The predicted molar refractivity (Wildman–Crippen MR) is 120 cm³/mol. The van der Waals surface area contributed by atoms with Crippen LogP contribution >= 0.6 is 0 Å². The summed E-state index contributed by atoms with van der Waals surface area (Å²) in [6.45, 7) is 5.37. The molecule has 12 heteroatoms. The van der Waals surface area contributed by atoms with Crippen LogP contribution in [0.1, 0.15) is 31.7 Å². The van der Waals surface area contributed by atoms with Gasteiger partial charge < -0.3 is 19.1 Å². The van der Waals surface area contributed by atoms with Gasteiger partial charge in [0.05, 0.1) is 41.0 Å². The van der Waals surface area contributed by atoms with Crippen molar-refractivity contribution in [2.75, 3.05) is 41.0 Å². The molecule has 1 aliphatic rings. The molecule has 10 nitrogen and oxygen atoms in total. The number of carbonyl (C=O) groups is 2. The van der Waals surface area contributed by atoms with E-state index in [-0.39, 0.29) is 18.5 Å². The highest BCUT2D eigenvalue weighted by molar-refractivity contribution is 8.11. The first-order valence-corrected chi connectivity index (χ1v) is 13.8. The normalized spacial score (nSPS) is 25.9. The smallest absolute Gasteiger partial charge is 0.324 e. The lowest BCUT2D eigenvalue weighted by Crippen LogP contribution is -3.11. The second kappa shape index (κ2) is 10.8. The summed E-state index contributed by atoms with van der Waals surface area (Å²) in [7, 11) is -5.72. The van der Waals surface area contributed by atoms with E-state index in [0.717, 1.165) is 19.1 Å². The molecule has 0 bridgehead atoms. The van der Waals surface area contributed by atoms with Crippen LogP contribution in [0.15, 0.2) is 24.3 Å². The Balaban J connectivity index is 2.75. The number of benzene rings is 1. The summed E-state index contributed by atoms with van der Waals surface area (Å²) in [6.07, 6.45) is -0.252. The van der Waals surface area contributed by atoms with E-state index in [4.69, 9.17) is 14.2 Å². The minimum Gasteiger partial charge on any atom is -0.497 e. The lowest BCUT2D eigenvalue weighted by molar-refractivity contribution is -0.896. The fraction of sp³-hybridized carbons (Fsp3) is 0.619. The maximum atomic E-state index is 13.6. The molecule has 1 heterocycles. The van der Waals surface area contributed by atoms with Gasteiger partial charge in [0.15, 0.2) is 34.8 Å². The second-order valence-corrected chi connectivity index (χ2v) is 12.6. The average molecular weight is 507 g/mol. The summed E-state index contributed by atoms with van der Waals surface area (Å²) in [4.78, 5) is 26.5. The Morgan fingerprint density at radius 2 is 1.30 bits per heavy atom. The van der Waals surface area contributed by atoms with Gasteiger partial charge in [0.25, 0.3) is 0 Å². The van der Waals surface area contributed by atoms with Crippen LogP contribution in [0.3, 0.4) is 0 Å². The molecule has 2 unspecified atom stereocenters. The molecule has 2 rings (SSSR count). The van der Waals surface area contributed by atoms with E-state index >= 15 is 0 Å². The van der Waals surface area contributed by atoms with Crippen LogP contribution in [0.2, 0.25) is 0 Å². The van der Waals surface area contributed by atoms with Gasteiger partial charge in [-0.05, 0) is 31.5 Å². The Bertz CT molecular complexity index is 994. The van der Waals surface area contributed by atoms with Gasteiger partial charge in [-0.1, -0.05) is 12.1 Å². The van der Waals surface area contributed by atoms with E-state index in [1.165, 1.54) is 31.4 Å². The highest BCUT2D eigenvalue weighted by Crippen LogP contribution is 2.43. The Hall–Kier alpha value is -2.18. The first kappa shape index (κ1) is 27.1. The van der Waals surface area contributed by atoms with Crippen LogP contribution in [-0.4, -0.2) is 84.8 Å². The van der Waals surface area contributed by atoms with Crippen LogP contribution in [-0.2, 0) is 38.7 Å². The molecule has 1 aromatic rings. The first-order valence-electron chi connectivity index (χ1n) is 10.6. The van der Waals surface area contributed by atoms with E-state index in [9.17, 15) is 26.4 Å². The van der Waals surface area contributed by atoms with Crippen molar-refractivity contribution in [3.63, 3.8) is 0 Å². The largest absolute Gasteiger partial charge is 0.497 e. The monoisotopic (exact) mass is 506 g/mol. The number of sulfone groups is 2. The number of rotatable bonds is 9. The summed E-state index contributed by atoms with van der Waals surface area (Å²) in [5, 5.41) is -3.78. The average Bonchev–Trinajstić information content (AvgIpc) is 2.79. The number of carbonyl (C=O) groups excluding carboxylic acids is 2. The number of nitrogens with one attached hydrogen (secondary N) is 1. The lowest BCUT2D eigenvalue weighted by atomic mass is 9.91. The van der Waals surface area contributed by atoms with Gasteiger partial charge in [0.1, 0.15) is 5.75 Å². The van der Waals surface area contributed by atoms with Crippen LogP contribution in [0, 0.1) is 0 Å². The minimum atomic E-state index is -4.60. The van der Waals surface area contributed by atoms with Crippen molar-refractivity contribution >= 4 is 31.6 Å². The second-order valence-electron chi connectivity index (χ2n) is 7.79. The summed E-state index contributed by atoms with van der Waals surface area (Å²) < 4.78 is 67.2. The van der Waals surface area contributed by atoms with Gasteiger partial charge in [0, 0.05) is 12.3 Å². The molecule has 0 aromatic heterocycles. The zero-order valence-electron chi connectivity index (χ0n) is 19.4. The molecule has 33 heavy (non-hydrogen) atoms. The number of hydrogen-bond acceptors (Lipinski definition) is 9. The van der Waals surface area contributed by atoms with Crippen LogP contribution in [0.5, 0.6) is 5.75 Å². The van der Waals surface area contributed by atoms with E-state index in [1.54, 1.807) is 0 Å². The summed E-state index contributed by atoms with van der Waals surface area (Å²) in [5.41, 5.74) is 0.168. The van der Waals surface area contributed by atoms with E-state index < -0.39 is 52.6 Å². The molecule has 0 amide bonds. The highest BCUT2D eigenvalue weighted by Gasteiger charge is 2.63. The quantitative estimate of drug-likeness (QED) is 0.433. The van der Waals surface area contributed by atoms with Crippen molar-refractivity contribution in [3.8, 4) is 5.75 Å². The van der Waals surface area contributed by atoms with Crippen molar-refractivity contribution in [1.82, 2.24) is 0 Å². The summed E-state index contributed by atoms with van der Waals surface area (Å²) >= 11 is 0. The summed E-state index contributed by atoms with van der Waals surface area (Å²) in [5.74, 6) is -3.35. The third kappa shape index (κ3) is 5.17. The van der Waals surface area contributed by atoms with Crippen molar-refractivity contribution in [2.24, 2.45) is 0 Å². The predicted octanol–water partition coefficient (Wildman–Crippen LogP) is -0.654. The number of quaternary nitrogens is 1. The number of ether oxygens (including phenoxy) is 3. The van der Waals surface area contributed by atoms with E-state index in [0.29, 0.717) is 18.8 Å². The third-order valence-corrected chi connectivity index (χ3v) is 12.1. The number of methoxy groups -OCH3 is 3. The molecule has 1 fully saturated rings. The molecule has 1 N–H and O–H groups in total. The molecule has 1 aliphatic heterocycles. The SMILES string of the molecule is CC[NH+](CC)CCC1S(=O)(=O)[C@H](C(=O)OC)C(c2ccc(OC)cc2)[C@H](C(=O)OC)S1(=O)=O. The molecule has 0 saturated carbocycles. The zero-order valence-corrected chi connectivity index (χ0v) is 21.1. The fourth-order valence-electron chi connectivity index (χ4n) is 4.30. The molecular formula is C21H32NO9S2+.